The fourth-order valence-electron chi connectivity index (χ4n) is 3.21. The van der Waals surface area contributed by atoms with Crippen LogP contribution < -0.4 is 10.1 Å². The van der Waals surface area contributed by atoms with E-state index in [1.807, 2.05) is 13.8 Å². The van der Waals surface area contributed by atoms with E-state index in [0.29, 0.717) is 44.6 Å². The van der Waals surface area contributed by atoms with Crippen molar-refractivity contribution in [2.24, 2.45) is 5.92 Å². The molecule has 0 spiro atoms. The minimum absolute atomic E-state index is 0.00825. The fraction of sp³-hybridized carbons (Fsp3) is 0.571. The predicted octanol–water partition coefficient (Wildman–Crippen LogP) is 2.81. The molecule has 1 aliphatic rings. The first-order valence-electron chi connectivity index (χ1n) is 9.86. The number of benzene rings is 1. The number of amides is 2. The Kier molecular flexibility index (Phi) is 8.30. The standard InChI is InChI=1S/C21H30N2O4/c1-3-13-22-21(26)17-11-14-23(15-12-17)20(25)10-9-19(24)16-5-7-18(8-6-16)27-4-2/h5-8,17H,3-4,9-15H2,1-2H3,(H,22,26). The Balaban J connectivity index is 1.74. The van der Waals surface area contributed by atoms with Crippen LogP contribution in [0.15, 0.2) is 24.3 Å². The molecule has 0 atom stereocenters. The predicted molar refractivity (Wildman–Crippen MR) is 104 cm³/mol. The number of nitrogens with one attached hydrogen (secondary N) is 1. The molecule has 1 fully saturated rings. The summed E-state index contributed by atoms with van der Waals surface area (Å²) < 4.78 is 5.36. The van der Waals surface area contributed by atoms with Crippen LogP contribution in [-0.2, 0) is 9.59 Å². The zero-order valence-electron chi connectivity index (χ0n) is 16.3. The molecule has 0 bridgehead atoms. The molecule has 0 aromatic heterocycles. The van der Waals surface area contributed by atoms with Crippen molar-refractivity contribution < 1.29 is 19.1 Å². The molecular weight excluding hydrogens is 344 g/mol. The van der Waals surface area contributed by atoms with Crippen molar-refractivity contribution in [3.05, 3.63) is 29.8 Å². The lowest BCUT2D eigenvalue weighted by atomic mass is 9.95. The number of hydrogen-bond acceptors (Lipinski definition) is 4. The number of carbonyl (C=O) groups excluding carboxylic acids is 3. The van der Waals surface area contributed by atoms with E-state index in [1.54, 1.807) is 29.2 Å². The van der Waals surface area contributed by atoms with Crippen LogP contribution in [0.1, 0.15) is 56.3 Å². The molecule has 6 heteroatoms. The lowest BCUT2D eigenvalue weighted by Gasteiger charge is -2.31. The van der Waals surface area contributed by atoms with Crippen molar-refractivity contribution in [2.75, 3.05) is 26.2 Å². The van der Waals surface area contributed by atoms with Crippen LogP contribution in [0.4, 0.5) is 0 Å². The maximum absolute atomic E-state index is 12.4. The zero-order chi connectivity index (χ0) is 19.6. The molecule has 1 aromatic rings. The molecule has 148 valence electrons. The van der Waals surface area contributed by atoms with Gasteiger partial charge in [0.25, 0.3) is 0 Å². The van der Waals surface area contributed by atoms with Crippen LogP contribution in [0, 0.1) is 5.92 Å². The molecule has 0 radical (unpaired) electrons. The van der Waals surface area contributed by atoms with E-state index < -0.39 is 0 Å². The number of Topliss-reactive ketones (excluding diaryl/α,β-unsaturated/α-hetero) is 1. The summed E-state index contributed by atoms with van der Waals surface area (Å²) in [4.78, 5) is 38.4. The van der Waals surface area contributed by atoms with Gasteiger partial charge in [0.05, 0.1) is 6.61 Å². The summed E-state index contributed by atoms with van der Waals surface area (Å²) in [6.45, 7) is 6.38. The van der Waals surface area contributed by atoms with Crippen molar-refractivity contribution in [3.63, 3.8) is 0 Å². The molecule has 1 saturated heterocycles. The van der Waals surface area contributed by atoms with Crippen LogP contribution in [0.3, 0.4) is 0 Å². The highest BCUT2D eigenvalue weighted by Gasteiger charge is 2.27. The van der Waals surface area contributed by atoms with E-state index in [1.165, 1.54) is 0 Å². The van der Waals surface area contributed by atoms with Crippen LogP contribution in [0.25, 0.3) is 0 Å². The average Bonchev–Trinajstić information content (AvgIpc) is 2.71. The summed E-state index contributed by atoms with van der Waals surface area (Å²) in [7, 11) is 0. The van der Waals surface area contributed by atoms with E-state index in [2.05, 4.69) is 5.32 Å². The Labute approximate surface area is 161 Å². The van der Waals surface area contributed by atoms with Gasteiger partial charge in [0.2, 0.25) is 11.8 Å². The number of carbonyl (C=O) groups is 3. The third kappa shape index (κ3) is 6.38. The van der Waals surface area contributed by atoms with Crippen molar-refractivity contribution in [3.8, 4) is 5.75 Å². The van der Waals surface area contributed by atoms with Crippen molar-refractivity contribution >= 4 is 17.6 Å². The van der Waals surface area contributed by atoms with Gasteiger partial charge in [-0.15, -0.1) is 0 Å². The van der Waals surface area contributed by atoms with Crippen LogP contribution >= 0.6 is 0 Å². The zero-order valence-corrected chi connectivity index (χ0v) is 16.3. The highest BCUT2D eigenvalue weighted by Crippen LogP contribution is 2.19. The van der Waals surface area contributed by atoms with Gasteiger partial charge in [-0.05, 0) is 50.5 Å². The normalized spacial score (nSPS) is 14.7. The molecule has 6 nitrogen and oxygen atoms in total. The molecule has 2 rings (SSSR count). The maximum atomic E-state index is 12.4. The number of piperidine rings is 1. The van der Waals surface area contributed by atoms with E-state index in [-0.39, 0.29) is 36.4 Å². The molecule has 27 heavy (non-hydrogen) atoms. The van der Waals surface area contributed by atoms with Gasteiger partial charge in [-0.3, -0.25) is 14.4 Å². The average molecular weight is 374 g/mol. The SMILES string of the molecule is CCCNC(=O)C1CCN(C(=O)CCC(=O)c2ccc(OCC)cc2)CC1. The maximum Gasteiger partial charge on any atom is 0.223 e. The van der Waals surface area contributed by atoms with E-state index in [4.69, 9.17) is 4.74 Å². The molecule has 0 unspecified atom stereocenters. The number of ketones is 1. The first-order chi connectivity index (χ1) is 13.0. The van der Waals surface area contributed by atoms with Gasteiger partial charge >= 0.3 is 0 Å². The Bertz CT molecular complexity index is 634. The number of nitrogens with zero attached hydrogens (tertiary/aromatic N) is 1. The largest absolute Gasteiger partial charge is 0.494 e. The Morgan fingerprint density at radius 2 is 1.74 bits per heavy atom. The molecule has 2 amide bonds. The smallest absolute Gasteiger partial charge is 0.223 e. The molecule has 0 aliphatic carbocycles. The number of hydrogen-bond donors (Lipinski definition) is 1. The second-order valence-electron chi connectivity index (χ2n) is 6.83. The molecular formula is C21H30N2O4. The first kappa shape index (κ1) is 20.9. The molecule has 1 N–H and O–H groups in total. The summed E-state index contributed by atoms with van der Waals surface area (Å²) in [5.74, 6) is 0.763. The summed E-state index contributed by atoms with van der Waals surface area (Å²) in [6, 6.07) is 7.01. The van der Waals surface area contributed by atoms with Gasteiger partial charge < -0.3 is 15.0 Å². The third-order valence-electron chi connectivity index (χ3n) is 4.82. The summed E-state index contributed by atoms with van der Waals surface area (Å²) in [5, 5.41) is 2.92. The second-order valence-corrected chi connectivity index (χ2v) is 6.83. The van der Waals surface area contributed by atoms with Crippen molar-refractivity contribution in [1.29, 1.82) is 0 Å². The topological polar surface area (TPSA) is 75.7 Å². The monoisotopic (exact) mass is 374 g/mol. The lowest BCUT2D eigenvalue weighted by molar-refractivity contribution is -0.135. The van der Waals surface area contributed by atoms with Crippen LogP contribution in [0.5, 0.6) is 5.75 Å². The summed E-state index contributed by atoms with van der Waals surface area (Å²) in [5.41, 5.74) is 0.595. The highest BCUT2D eigenvalue weighted by molar-refractivity contribution is 5.98. The third-order valence-corrected chi connectivity index (χ3v) is 4.82. The van der Waals surface area contributed by atoms with Gasteiger partial charge in [0.1, 0.15) is 5.75 Å². The van der Waals surface area contributed by atoms with Gasteiger partial charge in [-0.25, -0.2) is 0 Å². The van der Waals surface area contributed by atoms with E-state index in [0.717, 1.165) is 12.2 Å². The van der Waals surface area contributed by atoms with Gasteiger partial charge in [-0.1, -0.05) is 6.92 Å². The fourth-order valence-corrected chi connectivity index (χ4v) is 3.21. The number of rotatable bonds is 9. The highest BCUT2D eigenvalue weighted by atomic mass is 16.5. The van der Waals surface area contributed by atoms with Crippen molar-refractivity contribution in [2.45, 2.75) is 46.0 Å². The number of likely N-dealkylation sites (tertiary alicyclic amines) is 1. The number of ether oxygens (including phenoxy) is 1. The molecule has 1 aliphatic heterocycles. The molecule has 1 heterocycles. The molecule has 0 saturated carbocycles. The Morgan fingerprint density at radius 3 is 2.33 bits per heavy atom. The minimum atomic E-state index is -0.0415. The van der Waals surface area contributed by atoms with E-state index in [9.17, 15) is 14.4 Å². The van der Waals surface area contributed by atoms with Crippen LogP contribution in [-0.4, -0.2) is 48.7 Å². The Morgan fingerprint density at radius 1 is 1.07 bits per heavy atom. The summed E-state index contributed by atoms with van der Waals surface area (Å²) in [6.07, 6.45) is 2.70. The van der Waals surface area contributed by atoms with E-state index >= 15 is 0 Å². The summed E-state index contributed by atoms with van der Waals surface area (Å²) >= 11 is 0. The second kappa shape index (κ2) is 10.7. The first-order valence-corrected chi connectivity index (χ1v) is 9.86. The lowest BCUT2D eigenvalue weighted by Crippen LogP contribution is -2.43. The van der Waals surface area contributed by atoms with Gasteiger partial charge in [0.15, 0.2) is 5.78 Å². The quantitative estimate of drug-likeness (QED) is 0.675. The van der Waals surface area contributed by atoms with Crippen molar-refractivity contribution in [1.82, 2.24) is 10.2 Å². The van der Waals surface area contributed by atoms with Gasteiger partial charge in [-0.2, -0.15) is 0 Å². The Hall–Kier alpha value is -2.37. The molecule has 1 aromatic carbocycles. The van der Waals surface area contributed by atoms with Gasteiger partial charge in [0, 0.05) is 44.0 Å². The minimum Gasteiger partial charge on any atom is -0.494 e. The van der Waals surface area contributed by atoms with Crippen LogP contribution in [0.2, 0.25) is 0 Å².